The highest BCUT2D eigenvalue weighted by Gasteiger charge is 2.18. The van der Waals surface area contributed by atoms with Crippen molar-refractivity contribution in [3.8, 4) is 16.9 Å². The van der Waals surface area contributed by atoms with E-state index in [1.165, 1.54) is 12.3 Å². The number of fused-ring (bicyclic) bond motifs is 1. The van der Waals surface area contributed by atoms with Gasteiger partial charge in [-0.05, 0) is 36.1 Å². The molecule has 2 aromatic carbocycles. The van der Waals surface area contributed by atoms with Gasteiger partial charge in [0.2, 0.25) is 0 Å². The van der Waals surface area contributed by atoms with Crippen LogP contribution in [0.3, 0.4) is 0 Å². The zero-order valence-corrected chi connectivity index (χ0v) is 13.7. The van der Waals surface area contributed by atoms with E-state index < -0.39 is 13.5 Å². The number of halogens is 2. The van der Waals surface area contributed by atoms with Crippen LogP contribution in [-0.2, 0) is 0 Å². The van der Waals surface area contributed by atoms with Crippen molar-refractivity contribution in [3.05, 3.63) is 42.1 Å². The lowest BCUT2D eigenvalue weighted by molar-refractivity contribution is -0.0494. The van der Waals surface area contributed by atoms with E-state index in [-0.39, 0.29) is 5.75 Å². The number of anilines is 1. The molecule has 0 aliphatic rings. The summed E-state index contributed by atoms with van der Waals surface area (Å²) in [5.41, 5.74) is 9.24. The average molecular weight is 343 g/mol. The Hall–Kier alpha value is -2.74. The molecule has 25 heavy (non-hydrogen) atoms. The third-order valence-corrected chi connectivity index (χ3v) is 4.02. The Labute approximate surface area is 143 Å². The lowest BCUT2D eigenvalue weighted by atomic mass is 9.62. The predicted octanol–water partition coefficient (Wildman–Crippen LogP) is 2.61. The summed E-state index contributed by atoms with van der Waals surface area (Å²) in [6.45, 7) is -0.343. The average Bonchev–Trinajstić information content (AvgIpc) is 2.54. The Morgan fingerprint density at radius 1 is 1.24 bits per heavy atom. The number of nitrogen functional groups attached to an aromatic ring is 1. The number of alkyl halides is 2. The van der Waals surface area contributed by atoms with E-state index in [4.69, 9.17) is 5.73 Å². The van der Waals surface area contributed by atoms with Crippen LogP contribution in [0.25, 0.3) is 22.0 Å². The summed E-state index contributed by atoms with van der Waals surface area (Å²) in [4.78, 5) is 0. The van der Waals surface area contributed by atoms with E-state index in [0.717, 1.165) is 5.39 Å². The number of hydrogen-bond acceptors (Lipinski definition) is 5. The Morgan fingerprint density at radius 2 is 2.00 bits per heavy atom. The molecule has 0 fully saturated rings. The molecule has 1 heterocycles. The first-order valence-corrected chi connectivity index (χ1v) is 7.65. The van der Waals surface area contributed by atoms with Gasteiger partial charge in [-0.1, -0.05) is 24.5 Å². The zero-order chi connectivity index (χ0) is 18.1. The molecule has 3 aromatic rings. The molecule has 3 rings (SSSR count). The van der Waals surface area contributed by atoms with E-state index in [2.05, 4.69) is 14.9 Å². The largest absolute Gasteiger partial charge is 0.446 e. The van der Waals surface area contributed by atoms with Gasteiger partial charge in [0.15, 0.2) is 0 Å². The topological polar surface area (TPSA) is 81.3 Å². The van der Waals surface area contributed by atoms with Crippen LogP contribution in [0.2, 0.25) is 6.82 Å². The number of benzene rings is 2. The van der Waals surface area contributed by atoms with E-state index in [1.54, 1.807) is 38.0 Å². The van der Waals surface area contributed by atoms with Gasteiger partial charge in [-0.15, -0.1) is 0 Å². The van der Waals surface area contributed by atoms with Crippen molar-refractivity contribution >= 4 is 29.0 Å². The smallest absolute Gasteiger partial charge is 0.387 e. The molecule has 128 valence electrons. The summed E-state index contributed by atoms with van der Waals surface area (Å²) in [6.07, 6.45) is 1.45. The van der Waals surface area contributed by atoms with Gasteiger partial charge in [-0.3, -0.25) is 0 Å². The van der Waals surface area contributed by atoms with E-state index in [0.29, 0.717) is 33.4 Å². The maximum absolute atomic E-state index is 12.8. The van der Waals surface area contributed by atoms with Crippen LogP contribution >= 0.6 is 0 Å². The number of ether oxygens (including phenoxy) is 1. The number of aromatic nitrogens is 2. The standard InChI is InChI=1S/C17H16BF2N3O2/c1-9-5-16(25-17(19)20)12(7-13(9)18(2)24)10-3-4-11-14(21)8-22-23-15(11)6-10/h3-8,17,24H,1-2H3,(H2,21,23). The van der Waals surface area contributed by atoms with Gasteiger partial charge in [-0.2, -0.15) is 19.0 Å². The van der Waals surface area contributed by atoms with Crippen LogP contribution in [0.5, 0.6) is 5.75 Å². The normalized spacial score (nSPS) is 11.1. The van der Waals surface area contributed by atoms with Crippen LogP contribution in [0, 0.1) is 6.92 Å². The summed E-state index contributed by atoms with van der Waals surface area (Å²) < 4.78 is 30.3. The van der Waals surface area contributed by atoms with Crippen LogP contribution < -0.4 is 15.9 Å². The molecule has 0 amide bonds. The van der Waals surface area contributed by atoms with Crippen molar-refractivity contribution < 1.29 is 18.5 Å². The molecular formula is C17H16BF2N3O2. The fraction of sp³-hybridized carbons (Fsp3) is 0.176. The maximum Gasteiger partial charge on any atom is 0.387 e. The molecule has 0 spiro atoms. The van der Waals surface area contributed by atoms with Gasteiger partial charge >= 0.3 is 13.5 Å². The van der Waals surface area contributed by atoms with Gasteiger partial charge < -0.3 is 15.5 Å². The number of aryl methyl sites for hydroxylation is 1. The molecule has 0 aliphatic carbocycles. The summed E-state index contributed by atoms with van der Waals surface area (Å²) in [5, 5.41) is 18.5. The van der Waals surface area contributed by atoms with E-state index in [1.807, 2.05) is 0 Å². The summed E-state index contributed by atoms with van der Waals surface area (Å²) >= 11 is 0. The monoisotopic (exact) mass is 343 g/mol. The predicted molar refractivity (Wildman–Crippen MR) is 94.2 cm³/mol. The Balaban J connectivity index is 2.21. The molecular weight excluding hydrogens is 327 g/mol. The van der Waals surface area contributed by atoms with Crippen molar-refractivity contribution in [3.63, 3.8) is 0 Å². The third-order valence-electron chi connectivity index (χ3n) is 4.02. The molecule has 0 unspecified atom stereocenters. The third kappa shape index (κ3) is 3.39. The molecule has 0 atom stereocenters. The number of nitrogens with zero attached hydrogens (tertiary/aromatic N) is 2. The molecule has 0 saturated carbocycles. The van der Waals surface area contributed by atoms with Gasteiger partial charge in [0.05, 0.1) is 17.4 Å². The van der Waals surface area contributed by atoms with Gasteiger partial charge in [0.25, 0.3) is 0 Å². The Bertz CT molecular complexity index is 935. The number of rotatable bonds is 4. The van der Waals surface area contributed by atoms with Crippen LogP contribution in [-0.4, -0.2) is 28.7 Å². The summed E-state index contributed by atoms with van der Waals surface area (Å²) in [6, 6.07) is 8.35. The Morgan fingerprint density at radius 3 is 2.68 bits per heavy atom. The number of hydrogen-bond donors (Lipinski definition) is 2. The number of nitrogens with two attached hydrogens (primary N) is 1. The van der Waals surface area contributed by atoms with Crippen molar-refractivity contribution in [1.29, 1.82) is 0 Å². The van der Waals surface area contributed by atoms with Gasteiger partial charge in [0, 0.05) is 10.9 Å². The van der Waals surface area contributed by atoms with Gasteiger partial charge in [0.1, 0.15) is 5.75 Å². The highest BCUT2D eigenvalue weighted by atomic mass is 19.3. The minimum Gasteiger partial charge on any atom is -0.446 e. The highest BCUT2D eigenvalue weighted by Crippen LogP contribution is 2.33. The minimum absolute atomic E-state index is 0.0353. The van der Waals surface area contributed by atoms with Crippen LogP contribution in [0.4, 0.5) is 14.5 Å². The lowest BCUT2D eigenvalue weighted by Gasteiger charge is -2.16. The molecule has 1 aromatic heterocycles. The summed E-state index contributed by atoms with van der Waals surface area (Å²) in [5.74, 6) is 0.0353. The minimum atomic E-state index is -2.95. The SMILES string of the molecule is CB(O)c1cc(-c2ccc3c(N)cnnc3c2)c(OC(F)F)cc1C. The van der Waals surface area contributed by atoms with Crippen molar-refractivity contribution in [2.24, 2.45) is 0 Å². The molecule has 0 bridgehead atoms. The summed E-state index contributed by atoms with van der Waals surface area (Å²) in [7, 11) is 0. The second-order valence-electron chi connectivity index (χ2n) is 5.79. The van der Waals surface area contributed by atoms with E-state index in [9.17, 15) is 13.8 Å². The van der Waals surface area contributed by atoms with Crippen molar-refractivity contribution in [2.45, 2.75) is 20.4 Å². The second kappa shape index (κ2) is 6.64. The maximum atomic E-state index is 12.8. The molecule has 5 nitrogen and oxygen atoms in total. The first-order chi connectivity index (χ1) is 11.9. The zero-order valence-electron chi connectivity index (χ0n) is 13.7. The first kappa shape index (κ1) is 17.1. The highest BCUT2D eigenvalue weighted by molar-refractivity contribution is 6.65. The molecule has 8 heteroatoms. The molecule has 0 radical (unpaired) electrons. The molecule has 3 N–H and O–H groups in total. The van der Waals surface area contributed by atoms with Crippen LogP contribution in [0.1, 0.15) is 5.56 Å². The Kier molecular flexibility index (Phi) is 4.54. The fourth-order valence-corrected chi connectivity index (χ4v) is 2.82. The van der Waals surface area contributed by atoms with Gasteiger partial charge in [-0.25, -0.2) is 0 Å². The van der Waals surface area contributed by atoms with Crippen molar-refractivity contribution in [2.75, 3.05) is 5.73 Å². The second-order valence-corrected chi connectivity index (χ2v) is 5.79. The first-order valence-electron chi connectivity index (χ1n) is 7.65. The quantitative estimate of drug-likeness (QED) is 0.712. The fourth-order valence-electron chi connectivity index (χ4n) is 2.82. The molecule has 0 saturated heterocycles. The lowest BCUT2D eigenvalue weighted by Crippen LogP contribution is -2.29. The van der Waals surface area contributed by atoms with Crippen LogP contribution in [0.15, 0.2) is 36.5 Å². The van der Waals surface area contributed by atoms with Crippen molar-refractivity contribution in [1.82, 2.24) is 10.2 Å². The molecule has 0 aliphatic heterocycles. The van der Waals surface area contributed by atoms with E-state index >= 15 is 0 Å².